The minimum Gasteiger partial charge on any atom is -0.476 e. The van der Waals surface area contributed by atoms with Crippen molar-refractivity contribution in [2.45, 2.75) is 18.9 Å². The van der Waals surface area contributed by atoms with Crippen molar-refractivity contribution >= 4 is 17.7 Å². The summed E-state index contributed by atoms with van der Waals surface area (Å²) < 4.78 is 0. The van der Waals surface area contributed by atoms with E-state index in [1.54, 1.807) is 18.0 Å². The molecule has 6 heteroatoms. The molecule has 0 saturated heterocycles. The first kappa shape index (κ1) is 11.4. The molecular formula is C11H13N3O3. The molecule has 1 aliphatic carbocycles. The van der Waals surface area contributed by atoms with Crippen LogP contribution in [0.2, 0.25) is 0 Å². The van der Waals surface area contributed by atoms with Gasteiger partial charge in [0.05, 0.1) is 5.69 Å². The molecule has 2 N–H and O–H groups in total. The number of nitrogens with zero attached hydrogens (tertiary/aromatic N) is 2. The van der Waals surface area contributed by atoms with Gasteiger partial charge in [0.25, 0.3) is 0 Å². The van der Waals surface area contributed by atoms with E-state index in [4.69, 9.17) is 5.11 Å². The number of pyridine rings is 1. The molecule has 90 valence electrons. The van der Waals surface area contributed by atoms with Crippen LogP contribution in [0.3, 0.4) is 0 Å². The molecule has 0 spiro atoms. The van der Waals surface area contributed by atoms with E-state index in [-0.39, 0.29) is 23.5 Å². The first-order valence-corrected chi connectivity index (χ1v) is 5.31. The Balaban J connectivity index is 2.12. The number of amides is 2. The van der Waals surface area contributed by atoms with E-state index < -0.39 is 5.97 Å². The van der Waals surface area contributed by atoms with Gasteiger partial charge in [-0.25, -0.2) is 14.6 Å². The summed E-state index contributed by atoms with van der Waals surface area (Å²) in [5, 5.41) is 11.5. The number of carbonyl (C=O) groups excluding carboxylic acids is 1. The van der Waals surface area contributed by atoms with Gasteiger partial charge >= 0.3 is 12.0 Å². The monoisotopic (exact) mass is 235 g/mol. The minimum atomic E-state index is -1.16. The normalized spacial score (nSPS) is 14.2. The Morgan fingerprint density at radius 2 is 2.24 bits per heavy atom. The van der Waals surface area contributed by atoms with Crippen molar-refractivity contribution in [3.63, 3.8) is 0 Å². The Bertz CT molecular complexity index is 457. The molecule has 1 fully saturated rings. The average molecular weight is 235 g/mol. The molecule has 2 amide bonds. The quantitative estimate of drug-likeness (QED) is 0.829. The summed E-state index contributed by atoms with van der Waals surface area (Å²) in [7, 11) is 1.70. The lowest BCUT2D eigenvalue weighted by molar-refractivity contribution is 0.0691. The third kappa shape index (κ3) is 2.52. The lowest BCUT2D eigenvalue weighted by atomic mass is 10.3. The summed E-state index contributed by atoms with van der Waals surface area (Å²) in [6.45, 7) is 0. The number of anilines is 1. The van der Waals surface area contributed by atoms with E-state index in [1.807, 2.05) is 0 Å². The molecule has 1 saturated carbocycles. The van der Waals surface area contributed by atoms with E-state index in [2.05, 4.69) is 10.3 Å². The van der Waals surface area contributed by atoms with Crippen LogP contribution in [-0.4, -0.2) is 40.1 Å². The van der Waals surface area contributed by atoms with Crippen LogP contribution in [0.15, 0.2) is 18.3 Å². The molecule has 0 bridgehead atoms. The Morgan fingerprint density at radius 3 is 2.82 bits per heavy atom. The molecule has 6 nitrogen and oxygen atoms in total. The van der Waals surface area contributed by atoms with Crippen molar-refractivity contribution in [2.75, 3.05) is 12.4 Å². The number of hydrogen-bond donors (Lipinski definition) is 2. The van der Waals surface area contributed by atoms with Crippen LogP contribution < -0.4 is 5.32 Å². The predicted octanol–water partition coefficient (Wildman–Crippen LogP) is 1.41. The first-order valence-electron chi connectivity index (χ1n) is 5.31. The number of carbonyl (C=O) groups is 2. The topological polar surface area (TPSA) is 82.5 Å². The molecule has 0 unspecified atom stereocenters. The van der Waals surface area contributed by atoms with Gasteiger partial charge in [-0.05, 0) is 25.0 Å². The van der Waals surface area contributed by atoms with Gasteiger partial charge in [0, 0.05) is 19.3 Å². The summed E-state index contributed by atoms with van der Waals surface area (Å²) in [4.78, 5) is 28.0. The van der Waals surface area contributed by atoms with Crippen LogP contribution in [0.25, 0.3) is 0 Å². The maximum absolute atomic E-state index is 11.8. The van der Waals surface area contributed by atoms with Crippen molar-refractivity contribution in [1.82, 2.24) is 9.88 Å². The van der Waals surface area contributed by atoms with Gasteiger partial charge < -0.3 is 15.3 Å². The zero-order chi connectivity index (χ0) is 12.4. The molecule has 0 aliphatic heterocycles. The van der Waals surface area contributed by atoms with E-state index in [0.29, 0.717) is 0 Å². The fourth-order valence-electron chi connectivity index (χ4n) is 1.51. The molecule has 17 heavy (non-hydrogen) atoms. The summed E-state index contributed by atoms with van der Waals surface area (Å²) in [5.74, 6) is -1.16. The third-order valence-corrected chi connectivity index (χ3v) is 2.67. The molecule has 0 atom stereocenters. The highest BCUT2D eigenvalue weighted by molar-refractivity contribution is 5.98. The van der Waals surface area contributed by atoms with Crippen molar-refractivity contribution in [3.8, 4) is 0 Å². The lowest BCUT2D eigenvalue weighted by Gasteiger charge is -2.17. The lowest BCUT2D eigenvalue weighted by Crippen LogP contribution is -2.33. The van der Waals surface area contributed by atoms with Crippen LogP contribution >= 0.6 is 0 Å². The first-order chi connectivity index (χ1) is 8.09. The highest BCUT2D eigenvalue weighted by Crippen LogP contribution is 2.26. The van der Waals surface area contributed by atoms with Crippen molar-refractivity contribution in [2.24, 2.45) is 0 Å². The van der Waals surface area contributed by atoms with E-state index >= 15 is 0 Å². The van der Waals surface area contributed by atoms with Gasteiger partial charge in [-0.3, -0.25) is 0 Å². The Labute approximate surface area is 98.3 Å². The SMILES string of the molecule is CN(C(=O)Nc1cccnc1C(=O)O)C1CC1. The molecular weight excluding hydrogens is 222 g/mol. The van der Waals surface area contributed by atoms with Gasteiger partial charge in [-0.15, -0.1) is 0 Å². The molecule has 1 aromatic rings. The number of urea groups is 1. The predicted molar refractivity (Wildman–Crippen MR) is 61.0 cm³/mol. The summed E-state index contributed by atoms with van der Waals surface area (Å²) in [6, 6.07) is 3.08. The van der Waals surface area contributed by atoms with Crippen LogP contribution in [0.5, 0.6) is 0 Å². The van der Waals surface area contributed by atoms with E-state index in [0.717, 1.165) is 12.8 Å². The molecule has 0 aromatic carbocycles. The zero-order valence-electron chi connectivity index (χ0n) is 9.38. The van der Waals surface area contributed by atoms with Crippen molar-refractivity contribution in [1.29, 1.82) is 0 Å². The molecule has 0 radical (unpaired) electrons. The maximum atomic E-state index is 11.8. The number of rotatable bonds is 3. The fraction of sp³-hybridized carbons (Fsp3) is 0.364. The fourth-order valence-corrected chi connectivity index (χ4v) is 1.51. The van der Waals surface area contributed by atoms with Gasteiger partial charge in [0.15, 0.2) is 5.69 Å². The number of aromatic nitrogens is 1. The van der Waals surface area contributed by atoms with Crippen molar-refractivity contribution < 1.29 is 14.7 Å². The Morgan fingerprint density at radius 1 is 1.53 bits per heavy atom. The number of hydrogen-bond acceptors (Lipinski definition) is 3. The highest BCUT2D eigenvalue weighted by atomic mass is 16.4. The van der Waals surface area contributed by atoms with Crippen LogP contribution in [0, 0.1) is 0 Å². The second-order valence-corrected chi connectivity index (χ2v) is 3.98. The van der Waals surface area contributed by atoms with Gasteiger partial charge in [0.2, 0.25) is 0 Å². The van der Waals surface area contributed by atoms with Crippen LogP contribution in [0.1, 0.15) is 23.3 Å². The second kappa shape index (κ2) is 4.40. The molecule has 2 rings (SSSR count). The Kier molecular flexibility index (Phi) is 2.95. The molecule has 1 heterocycles. The van der Waals surface area contributed by atoms with Gasteiger partial charge in [-0.2, -0.15) is 0 Å². The minimum absolute atomic E-state index is 0.148. The van der Waals surface area contributed by atoms with Crippen LogP contribution in [-0.2, 0) is 0 Å². The van der Waals surface area contributed by atoms with Gasteiger partial charge in [0.1, 0.15) is 0 Å². The highest BCUT2D eigenvalue weighted by Gasteiger charge is 2.30. The average Bonchev–Trinajstić information content (AvgIpc) is 3.12. The second-order valence-electron chi connectivity index (χ2n) is 3.98. The standard InChI is InChI=1S/C11H13N3O3/c1-14(7-4-5-7)11(17)13-8-3-2-6-12-9(8)10(15)16/h2-3,6-7H,4-5H2,1H3,(H,13,17)(H,15,16). The molecule has 1 aliphatic rings. The number of aromatic carboxylic acids is 1. The zero-order valence-corrected chi connectivity index (χ0v) is 9.38. The molecule has 1 aromatic heterocycles. The van der Waals surface area contributed by atoms with Gasteiger partial charge in [-0.1, -0.05) is 0 Å². The summed E-state index contributed by atoms with van der Waals surface area (Å²) >= 11 is 0. The van der Waals surface area contributed by atoms with Crippen molar-refractivity contribution in [3.05, 3.63) is 24.0 Å². The summed E-state index contributed by atoms with van der Waals surface area (Å²) in [6.07, 6.45) is 3.38. The summed E-state index contributed by atoms with van der Waals surface area (Å²) in [5.41, 5.74) is 0.0718. The van der Waals surface area contributed by atoms with E-state index in [9.17, 15) is 9.59 Å². The van der Waals surface area contributed by atoms with Crippen LogP contribution in [0.4, 0.5) is 10.5 Å². The Hall–Kier alpha value is -2.11. The maximum Gasteiger partial charge on any atom is 0.356 e. The third-order valence-electron chi connectivity index (χ3n) is 2.67. The number of nitrogens with one attached hydrogen (secondary N) is 1. The number of carboxylic acids is 1. The largest absolute Gasteiger partial charge is 0.476 e. The number of carboxylic acid groups (broad SMARTS) is 1. The van der Waals surface area contributed by atoms with E-state index in [1.165, 1.54) is 12.3 Å². The smallest absolute Gasteiger partial charge is 0.356 e.